The molecule has 0 saturated carbocycles. The Morgan fingerprint density at radius 3 is 2.78 bits per heavy atom. The maximum atomic E-state index is 13.3. The van der Waals surface area contributed by atoms with E-state index in [2.05, 4.69) is 21.2 Å². The van der Waals surface area contributed by atoms with E-state index in [-0.39, 0.29) is 11.4 Å². The van der Waals surface area contributed by atoms with E-state index in [0.717, 1.165) is 11.3 Å². The van der Waals surface area contributed by atoms with Gasteiger partial charge in [-0.25, -0.2) is 4.39 Å². The van der Waals surface area contributed by atoms with E-state index in [9.17, 15) is 9.18 Å². The van der Waals surface area contributed by atoms with Gasteiger partial charge in [0.05, 0.1) is 10.2 Å². The van der Waals surface area contributed by atoms with Crippen LogP contribution in [0.25, 0.3) is 0 Å². The van der Waals surface area contributed by atoms with Gasteiger partial charge in [0.25, 0.3) is 0 Å². The van der Waals surface area contributed by atoms with Gasteiger partial charge in [-0.15, -0.1) is 0 Å². The van der Waals surface area contributed by atoms with Crippen molar-refractivity contribution in [1.29, 1.82) is 0 Å². The third-order valence-corrected chi connectivity index (χ3v) is 3.21. The predicted octanol–water partition coefficient (Wildman–Crippen LogP) is 2.90. The molecule has 2 aromatic rings. The molecule has 2 rings (SSSR count). The molecule has 0 unspecified atom stereocenters. The normalized spacial score (nSPS) is 10.4. The first kappa shape index (κ1) is 12.8. The van der Waals surface area contributed by atoms with Crippen LogP contribution in [0, 0.1) is 5.82 Å². The van der Waals surface area contributed by atoms with Gasteiger partial charge in [0, 0.05) is 25.9 Å². The van der Waals surface area contributed by atoms with Crippen molar-refractivity contribution in [2.75, 3.05) is 5.32 Å². The molecule has 18 heavy (non-hydrogen) atoms. The van der Waals surface area contributed by atoms with Crippen LogP contribution in [0.2, 0.25) is 0 Å². The van der Waals surface area contributed by atoms with Gasteiger partial charge in [-0.3, -0.25) is 4.79 Å². The molecule has 1 aromatic heterocycles. The summed E-state index contributed by atoms with van der Waals surface area (Å²) >= 11 is 3.11. The zero-order valence-corrected chi connectivity index (χ0v) is 11.4. The zero-order valence-electron chi connectivity index (χ0n) is 9.78. The summed E-state index contributed by atoms with van der Waals surface area (Å²) in [6, 6.07) is 8.18. The van der Waals surface area contributed by atoms with Gasteiger partial charge in [0.2, 0.25) is 5.56 Å². The second-order valence-electron chi connectivity index (χ2n) is 3.97. The standard InChI is InChI=1S/C13H12BrFN2O/c1-17-8-10(3-5-13(17)18)16-7-9-2-4-11(14)12(15)6-9/h2-6,8,16H,7H2,1H3. The number of hydrogen-bond acceptors (Lipinski definition) is 2. The molecule has 1 N–H and O–H groups in total. The van der Waals surface area contributed by atoms with Gasteiger partial charge in [-0.05, 0) is 39.7 Å². The number of nitrogens with zero attached hydrogens (tertiary/aromatic N) is 1. The van der Waals surface area contributed by atoms with Gasteiger partial charge >= 0.3 is 0 Å². The van der Waals surface area contributed by atoms with Crippen LogP contribution in [0.1, 0.15) is 5.56 Å². The summed E-state index contributed by atoms with van der Waals surface area (Å²) in [5, 5.41) is 3.13. The number of hydrogen-bond donors (Lipinski definition) is 1. The lowest BCUT2D eigenvalue weighted by Crippen LogP contribution is -2.15. The lowest BCUT2D eigenvalue weighted by atomic mass is 10.2. The summed E-state index contributed by atoms with van der Waals surface area (Å²) in [6.07, 6.45) is 1.71. The predicted molar refractivity (Wildman–Crippen MR) is 73.1 cm³/mol. The summed E-state index contributed by atoms with van der Waals surface area (Å²) in [6.45, 7) is 0.502. The third-order valence-electron chi connectivity index (χ3n) is 2.57. The van der Waals surface area contributed by atoms with Crippen molar-refractivity contribution in [2.24, 2.45) is 7.05 Å². The molecule has 0 atom stereocenters. The Balaban J connectivity index is 2.09. The Labute approximate surface area is 112 Å². The molecule has 3 nitrogen and oxygen atoms in total. The Morgan fingerprint density at radius 2 is 2.11 bits per heavy atom. The molecule has 0 aliphatic rings. The van der Waals surface area contributed by atoms with Gasteiger partial charge in [0.15, 0.2) is 0 Å². The van der Waals surface area contributed by atoms with Crippen molar-refractivity contribution in [3.05, 3.63) is 62.7 Å². The number of pyridine rings is 1. The van der Waals surface area contributed by atoms with Crippen molar-refractivity contribution in [1.82, 2.24) is 4.57 Å². The maximum absolute atomic E-state index is 13.3. The highest BCUT2D eigenvalue weighted by molar-refractivity contribution is 9.10. The molecule has 1 aromatic carbocycles. The number of benzene rings is 1. The summed E-state index contributed by atoms with van der Waals surface area (Å²) in [5.41, 5.74) is 1.60. The van der Waals surface area contributed by atoms with Crippen molar-refractivity contribution in [2.45, 2.75) is 6.54 Å². The van der Waals surface area contributed by atoms with Crippen molar-refractivity contribution < 1.29 is 4.39 Å². The Morgan fingerprint density at radius 1 is 1.33 bits per heavy atom. The topological polar surface area (TPSA) is 34.0 Å². The van der Waals surface area contributed by atoms with E-state index < -0.39 is 0 Å². The fourth-order valence-corrected chi connectivity index (χ4v) is 1.80. The molecule has 1 heterocycles. The number of aryl methyl sites for hydroxylation is 1. The minimum atomic E-state index is -0.283. The number of nitrogens with one attached hydrogen (secondary N) is 1. The number of aromatic nitrogens is 1. The molecule has 0 aliphatic heterocycles. The lowest BCUT2D eigenvalue weighted by molar-refractivity contribution is 0.619. The fourth-order valence-electron chi connectivity index (χ4n) is 1.55. The second-order valence-corrected chi connectivity index (χ2v) is 4.82. The SMILES string of the molecule is Cn1cc(NCc2ccc(Br)c(F)c2)ccc1=O. The van der Waals surface area contributed by atoms with Gasteiger partial charge in [-0.1, -0.05) is 6.07 Å². The van der Waals surface area contributed by atoms with Crippen LogP contribution < -0.4 is 10.9 Å². The first-order chi connectivity index (χ1) is 8.56. The van der Waals surface area contributed by atoms with Crippen LogP contribution in [-0.2, 0) is 13.6 Å². The first-order valence-corrected chi connectivity index (χ1v) is 6.20. The molecule has 0 aliphatic carbocycles. The molecule has 0 radical (unpaired) electrons. The van der Waals surface area contributed by atoms with Crippen LogP contribution in [-0.4, -0.2) is 4.57 Å². The fraction of sp³-hybridized carbons (Fsp3) is 0.154. The quantitative estimate of drug-likeness (QED) is 0.946. The van der Waals surface area contributed by atoms with E-state index in [4.69, 9.17) is 0 Å². The van der Waals surface area contributed by atoms with Gasteiger partial charge in [-0.2, -0.15) is 0 Å². The van der Waals surface area contributed by atoms with E-state index in [1.165, 1.54) is 16.7 Å². The maximum Gasteiger partial charge on any atom is 0.250 e. The van der Waals surface area contributed by atoms with Crippen LogP contribution in [0.3, 0.4) is 0 Å². The number of rotatable bonds is 3. The van der Waals surface area contributed by atoms with Gasteiger partial charge in [0.1, 0.15) is 5.82 Å². The van der Waals surface area contributed by atoms with E-state index in [0.29, 0.717) is 11.0 Å². The van der Waals surface area contributed by atoms with Crippen LogP contribution in [0.15, 0.2) is 45.8 Å². The Kier molecular flexibility index (Phi) is 3.81. The summed E-state index contributed by atoms with van der Waals surface area (Å²) < 4.78 is 15.2. The second kappa shape index (κ2) is 5.35. The Hall–Kier alpha value is -1.62. The van der Waals surface area contributed by atoms with Crippen molar-refractivity contribution >= 4 is 21.6 Å². The average Bonchev–Trinajstić information content (AvgIpc) is 2.35. The van der Waals surface area contributed by atoms with E-state index in [1.807, 2.05) is 6.07 Å². The van der Waals surface area contributed by atoms with Crippen LogP contribution in [0.5, 0.6) is 0 Å². The molecular formula is C13H12BrFN2O. The lowest BCUT2D eigenvalue weighted by Gasteiger charge is -2.08. The summed E-state index contributed by atoms with van der Waals surface area (Å²) in [5.74, 6) is -0.283. The molecule has 0 bridgehead atoms. The molecule has 94 valence electrons. The highest BCUT2D eigenvalue weighted by Gasteiger charge is 2.01. The summed E-state index contributed by atoms with van der Waals surface area (Å²) in [4.78, 5) is 11.2. The highest BCUT2D eigenvalue weighted by atomic mass is 79.9. The van der Waals surface area contributed by atoms with E-state index >= 15 is 0 Å². The van der Waals surface area contributed by atoms with Crippen molar-refractivity contribution in [3.8, 4) is 0 Å². The molecule has 0 spiro atoms. The molecule has 0 fully saturated rings. The average molecular weight is 311 g/mol. The molecule has 0 amide bonds. The number of anilines is 1. The number of halogens is 2. The smallest absolute Gasteiger partial charge is 0.250 e. The van der Waals surface area contributed by atoms with Gasteiger partial charge < -0.3 is 9.88 Å². The van der Waals surface area contributed by atoms with Crippen molar-refractivity contribution in [3.63, 3.8) is 0 Å². The minimum Gasteiger partial charge on any atom is -0.380 e. The molecule has 0 saturated heterocycles. The van der Waals surface area contributed by atoms with Crippen LogP contribution >= 0.6 is 15.9 Å². The first-order valence-electron chi connectivity index (χ1n) is 5.41. The minimum absolute atomic E-state index is 0.0600. The monoisotopic (exact) mass is 310 g/mol. The Bertz CT molecular complexity index is 625. The molecule has 5 heteroatoms. The van der Waals surface area contributed by atoms with E-state index in [1.54, 1.807) is 25.4 Å². The summed E-state index contributed by atoms with van der Waals surface area (Å²) in [7, 11) is 1.69. The zero-order chi connectivity index (χ0) is 13.1. The molecular weight excluding hydrogens is 299 g/mol. The van der Waals surface area contributed by atoms with Crippen LogP contribution in [0.4, 0.5) is 10.1 Å². The third kappa shape index (κ3) is 2.98. The highest BCUT2D eigenvalue weighted by Crippen LogP contribution is 2.17. The largest absolute Gasteiger partial charge is 0.380 e.